The smallest absolute Gasteiger partial charge is 0.0431 e. The number of unbranched alkanes of at least 4 members (excludes halogenated alkanes) is 4. The Labute approximate surface area is 88.2 Å². The first-order chi connectivity index (χ1) is 6.91. The molecule has 0 atom stereocenters. The molecule has 0 heterocycles. The zero-order chi connectivity index (χ0) is 12.2. The second-order valence-corrected chi connectivity index (χ2v) is 2.14. The lowest BCUT2D eigenvalue weighted by atomic mass is 10.2. The first kappa shape index (κ1) is 23.6. The van der Waals surface area contributed by atoms with Gasteiger partial charge in [-0.3, -0.25) is 0 Å². The minimum absolute atomic E-state index is 0.365. The SMILES string of the molecule is CCCCCCCO.CO.CO.CO. The standard InChI is InChI=1S/C7H16O.3CH4O/c1-2-3-4-5-6-7-8;3*1-2/h8H,2-7H2,1H3;3*2H,1H3. The Morgan fingerprint density at radius 3 is 1.29 bits per heavy atom. The maximum Gasteiger partial charge on any atom is 0.0431 e. The Morgan fingerprint density at radius 1 is 0.643 bits per heavy atom. The van der Waals surface area contributed by atoms with Gasteiger partial charge in [-0.2, -0.15) is 0 Å². The van der Waals surface area contributed by atoms with E-state index in [1.54, 1.807) is 0 Å². The summed E-state index contributed by atoms with van der Waals surface area (Å²) in [5, 5.41) is 29.4. The van der Waals surface area contributed by atoms with Crippen LogP contribution in [0.2, 0.25) is 0 Å². The van der Waals surface area contributed by atoms with Gasteiger partial charge in [-0.25, -0.2) is 0 Å². The molecule has 0 aromatic heterocycles. The lowest BCUT2D eigenvalue weighted by Crippen LogP contribution is -1.81. The summed E-state index contributed by atoms with van der Waals surface area (Å²) >= 11 is 0. The van der Waals surface area contributed by atoms with Crippen molar-refractivity contribution in [2.75, 3.05) is 27.9 Å². The number of hydrogen-bond donors (Lipinski definition) is 4. The summed E-state index contributed by atoms with van der Waals surface area (Å²) in [7, 11) is 3.00. The third-order valence-corrected chi connectivity index (χ3v) is 1.26. The molecule has 0 spiro atoms. The molecule has 0 fully saturated rings. The van der Waals surface area contributed by atoms with Crippen LogP contribution in [-0.4, -0.2) is 48.4 Å². The molecule has 0 aliphatic rings. The highest BCUT2D eigenvalue weighted by Gasteiger charge is 1.84. The number of aliphatic hydroxyl groups is 4. The Morgan fingerprint density at radius 2 is 1.00 bits per heavy atom. The average molecular weight is 212 g/mol. The fraction of sp³-hybridized carbons (Fsp3) is 1.00. The summed E-state index contributed by atoms with van der Waals surface area (Å²) in [4.78, 5) is 0. The lowest BCUT2D eigenvalue weighted by Gasteiger charge is -1.93. The van der Waals surface area contributed by atoms with Crippen molar-refractivity contribution >= 4 is 0 Å². The van der Waals surface area contributed by atoms with Crippen LogP contribution in [0.3, 0.4) is 0 Å². The molecule has 0 amide bonds. The molecular weight excluding hydrogens is 184 g/mol. The van der Waals surface area contributed by atoms with Crippen molar-refractivity contribution < 1.29 is 20.4 Å². The summed E-state index contributed by atoms with van der Waals surface area (Å²) in [6.07, 6.45) is 6.08. The predicted molar refractivity (Wildman–Crippen MR) is 60.3 cm³/mol. The molecule has 0 aliphatic carbocycles. The third kappa shape index (κ3) is 59.4. The van der Waals surface area contributed by atoms with Gasteiger partial charge in [0.25, 0.3) is 0 Å². The van der Waals surface area contributed by atoms with Gasteiger partial charge < -0.3 is 20.4 Å². The molecule has 0 saturated carbocycles. The van der Waals surface area contributed by atoms with E-state index in [1.807, 2.05) is 0 Å². The van der Waals surface area contributed by atoms with Crippen molar-refractivity contribution in [1.29, 1.82) is 0 Å². The first-order valence-electron chi connectivity index (χ1n) is 4.86. The first-order valence-corrected chi connectivity index (χ1v) is 4.86. The minimum Gasteiger partial charge on any atom is -0.400 e. The molecule has 4 heteroatoms. The van der Waals surface area contributed by atoms with Crippen molar-refractivity contribution in [2.45, 2.75) is 39.0 Å². The zero-order valence-electron chi connectivity index (χ0n) is 10.0. The predicted octanol–water partition coefficient (Wildman–Crippen LogP) is 0.775. The maximum absolute atomic E-state index is 8.37. The fourth-order valence-corrected chi connectivity index (χ4v) is 0.715. The summed E-state index contributed by atoms with van der Waals surface area (Å²) in [5.41, 5.74) is 0. The van der Waals surface area contributed by atoms with Gasteiger partial charge in [0.1, 0.15) is 0 Å². The molecule has 14 heavy (non-hydrogen) atoms. The van der Waals surface area contributed by atoms with Crippen LogP contribution >= 0.6 is 0 Å². The highest BCUT2D eigenvalue weighted by molar-refractivity contribution is 4.39. The Hall–Kier alpha value is -0.160. The van der Waals surface area contributed by atoms with E-state index in [4.69, 9.17) is 20.4 Å². The van der Waals surface area contributed by atoms with Crippen LogP contribution in [0.5, 0.6) is 0 Å². The second kappa shape index (κ2) is 52.8. The largest absolute Gasteiger partial charge is 0.400 e. The zero-order valence-corrected chi connectivity index (χ0v) is 10.0. The summed E-state index contributed by atoms with van der Waals surface area (Å²) < 4.78 is 0. The van der Waals surface area contributed by atoms with Gasteiger partial charge in [-0.1, -0.05) is 32.6 Å². The molecule has 0 bridgehead atoms. The highest BCUT2D eigenvalue weighted by Crippen LogP contribution is 2.00. The van der Waals surface area contributed by atoms with Gasteiger partial charge in [0.15, 0.2) is 0 Å². The quantitative estimate of drug-likeness (QED) is 0.508. The van der Waals surface area contributed by atoms with E-state index in [0.717, 1.165) is 27.8 Å². The molecule has 4 nitrogen and oxygen atoms in total. The third-order valence-electron chi connectivity index (χ3n) is 1.26. The van der Waals surface area contributed by atoms with Gasteiger partial charge in [0.2, 0.25) is 0 Å². The summed E-state index contributed by atoms with van der Waals surface area (Å²) in [6, 6.07) is 0. The fourth-order valence-electron chi connectivity index (χ4n) is 0.715. The molecule has 0 aromatic rings. The molecule has 92 valence electrons. The van der Waals surface area contributed by atoms with Crippen LogP contribution in [0.1, 0.15) is 39.0 Å². The number of hydrogen-bond acceptors (Lipinski definition) is 4. The van der Waals surface area contributed by atoms with E-state index < -0.39 is 0 Å². The second-order valence-electron chi connectivity index (χ2n) is 2.14. The molecule has 0 rings (SSSR count). The van der Waals surface area contributed by atoms with Gasteiger partial charge in [-0.15, -0.1) is 0 Å². The topological polar surface area (TPSA) is 80.9 Å². The van der Waals surface area contributed by atoms with Gasteiger partial charge in [0.05, 0.1) is 0 Å². The van der Waals surface area contributed by atoms with Gasteiger partial charge in [0, 0.05) is 27.9 Å². The molecular formula is C10H28O4. The Kier molecular flexibility index (Phi) is 88.8. The van der Waals surface area contributed by atoms with E-state index in [0.29, 0.717) is 6.61 Å². The molecule has 0 unspecified atom stereocenters. The van der Waals surface area contributed by atoms with Crippen LogP contribution in [-0.2, 0) is 0 Å². The van der Waals surface area contributed by atoms with Crippen LogP contribution in [0.4, 0.5) is 0 Å². The number of rotatable bonds is 5. The van der Waals surface area contributed by atoms with Crippen molar-refractivity contribution in [1.82, 2.24) is 0 Å². The Balaban J connectivity index is -0.0000000708. The normalized spacial score (nSPS) is 6.86. The van der Waals surface area contributed by atoms with Crippen molar-refractivity contribution in [3.05, 3.63) is 0 Å². The molecule has 4 N–H and O–H groups in total. The van der Waals surface area contributed by atoms with Crippen molar-refractivity contribution in [3.8, 4) is 0 Å². The average Bonchev–Trinajstić information content (AvgIpc) is 2.33. The summed E-state index contributed by atoms with van der Waals surface area (Å²) in [5.74, 6) is 0. The van der Waals surface area contributed by atoms with Gasteiger partial charge in [-0.05, 0) is 6.42 Å². The van der Waals surface area contributed by atoms with E-state index in [-0.39, 0.29) is 0 Å². The van der Waals surface area contributed by atoms with Crippen LogP contribution in [0.15, 0.2) is 0 Å². The maximum atomic E-state index is 8.37. The monoisotopic (exact) mass is 212 g/mol. The Bertz CT molecular complexity index is 37.1. The lowest BCUT2D eigenvalue weighted by molar-refractivity contribution is 0.282. The molecule has 0 aliphatic heterocycles. The molecule has 0 radical (unpaired) electrons. The van der Waals surface area contributed by atoms with E-state index in [9.17, 15) is 0 Å². The van der Waals surface area contributed by atoms with Crippen LogP contribution < -0.4 is 0 Å². The molecule has 0 aromatic carbocycles. The van der Waals surface area contributed by atoms with E-state index >= 15 is 0 Å². The van der Waals surface area contributed by atoms with E-state index in [1.165, 1.54) is 25.7 Å². The van der Waals surface area contributed by atoms with Crippen LogP contribution in [0, 0.1) is 0 Å². The van der Waals surface area contributed by atoms with E-state index in [2.05, 4.69) is 6.92 Å². The van der Waals surface area contributed by atoms with Crippen LogP contribution in [0.25, 0.3) is 0 Å². The number of aliphatic hydroxyl groups excluding tert-OH is 4. The van der Waals surface area contributed by atoms with Crippen molar-refractivity contribution in [3.63, 3.8) is 0 Å². The summed E-state index contributed by atoms with van der Waals surface area (Å²) in [6.45, 7) is 2.56. The molecule has 0 saturated heterocycles. The van der Waals surface area contributed by atoms with Gasteiger partial charge >= 0.3 is 0 Å². The van der Waals surface area contributed by atoms with Crippen molar-refractivity contribution in [2.24, 2.45) is 0 Å². The minimum atomic E-state index is 0.365. The highest BCUT2D eigenvalue weighted by atomic mass is 16.3.